The lowest BCUT2D eigenvalue weighted by atomic mass is 9.67. The molecule has 1 saturated heterocycles. The summed E-state index contributed by atoms with van der Waals surface area (Å²) in [6.45, 7) is 3.05. The second-order valence-electron chi connectivity index (χ2n) is 8.33. The van der Waals surface area contributed by atoms with E-state index in [0.29, 0.717) is 5.41 Å². The zero-order valence-electron chi connectivity index (χ0n) is 15.2. The van der Waals surface area contributed by atoms with Gasteiger partial charge in [0.15, 0.2) is 0 Å². The third-order valence-corrected chi connectivity index (χ3v) is 8.42. The van der Waals surface area contributed by atoms with Gasteiger partial charge in [0, 0.05) is 10.8 Å². The zero-order valence-corrected chi connectivity index (χ0v) is 16.0. The number of hydrogen-bond donors (Lipinski definition) is 0. The Morgan fingerprint density at radius 2 is 2.00 bits per heavy atom. The first-order chi connectivity index (χ1) is 12.3. The van der Waals surface area contributed by atoms with E-state index in [1.54, 1.807) is 5.56 Å². The molecule has 2 aromatic carbocycles. The van der Waals surface area contributed by atoms with Gasteiger partial charge in [-0.2, -0.15) is 11.8 Å². The van der Waals surface area contributed by atoms with Crippen LogP contribution in [0.2, 0.25) is 0 Å². The van der Waals surface area contributed by atoms with Crippen LogP contribution in [0.15, 0.2) is 36.4 Å². The number of unbranched alkanes of at least 4 members (excludes halogenated alkanes) is 1. The predicted octanol–water partition coefficient (Wildman–Crippen LogP) is 6.05. The highest BCUT2D eigenvalue weighted by Crippen LogP contribution is 2.65. The second kappa shape index (κ2) is 6.23. The lowest BCUT2D eigenvalue weighted by Crippen LogP contribution is -2.34. The van der Waals surface area contributed by atoms with E-state index in [0.717, 1.165) is 36.5 Å². The minimum absolute atomic E-state index is 0.445. The highest BCUT2D eigenvalue weighted by Gasteiger charge is 2.59. The molecule has 132 valence electrons. The van der Waals surface area contributed by atoms with Crippen molar-refractivity contribution in [3.8, 4) is 5.75 Å². The van der Waals surface area contributed by atoms with Gasteiger partial charge in [-0.3, -0.25) is 0 Å². The molecule has 0 amide bonds. The van der Waals surface area contributed by atoms with Crippen LogP contribution < -0.4 is 4.74 Å². The molecular formula is C23H28OS. The van der Waals surface area contributed by atoms with E-state index in [1.807, 2.05) is 0 Å². The fourth-order valence-electron chi connectivity index (χ4n) is 6.02. The fraction of sp³-hybridized carbons (Fsp3) is 0.565. The summed E-state index contributed by atoms with van der Waals surface area (Å²) in [5.41, 5.74) is 2.07. The van der Waals surface area contributed by atoms with Gasteiger partial charge in [0.1, 0.15) is 5.75 Å². The summed E-state index contributed by atoms with van der Waals surface area (Å²) >= 11 is 2.20. The van der Waals surface area contributed by atoms with Crippen molar-refractivity contribution in [2.24, 2.45) is 17.8 Å². The normalized spacial score (nSPS) is 33.1. The molecule has 1 aliphatic heterocycles. The first-order valence-electron chi connectivity index (χ1n) is 10.1. The van der Waals surface area contributed by atoms with Gasteiger partial charge in [0.2, 0.25) is 0 Å². The van der Waals surface area contributed by atoms with E-state index in [1.165, 1.54) is 48.0 Å². The van der Waals surface area contributed by atoms with E-state index in [4.69, 9.17) is 4.74 Å². The van der Waals surface area contributed by atoms with Gasteiger partial charge < -0.3 is 4.74 Å². The van der Waals surface area contributed by atoms with Crippen LogP contribution in [0.5, 0.6) is 5.75 Å². The standard InChI is InChI=1S/C23H28OS/c1-2-3-12-24-22-9-8-20(17-6-4-5-7-18(17)22)23-11-10-16(13-23)19-14-25-15-21(19)23/h4-9,16,19,21H,2-3,10-15H2,1H3. The molecular weight excluding hydrogens is 324 g/mol. The van der Waals surface area contributed by atoms with Crippen LogP contribution in [0.3, 0.4) is 0 Å². The molecule has 0 aromatic heterocycles. The molecule has 4 unspecified atom stereocenters. The molecule has 2 aromatic rings. The molecule has 3 aliphatic rings. The molecule has 2 aliphatic carbocycles. The van der Waals surface area contributed by atoms with Crippen LogP contribution in [0, 0.1) is 17.8 Å². The molecule has 0 N–H and O–H groups in total. The van der Waals surface area contributed by atoms with Crippen molar-refractivity contribution >= 4 is 22.5 Å². The van der Waals surface area contributed by atoms with Gasteiger partial charge in [-0.15, -0.1) is 0 Å². The van der Waals surface area contributed by atoms with Gasteiger partial charge in [0.05, 0.1) is 6.61 Å². The topological polar surface area (TPSA) is 9.23 Å². The van der Waals surface area contributed by atoms with Gasteiger partial charge in [0.25, 0.3) is 0 Å². The zero-order chi connectivity index (χ0) is 16.9. The van der Waals surface area contributed by atoms with Gasteiger partial charge in [-0.1, -0.05) is 43.7 Å². The third kappa shape index (κ3) is 2.36. The SMILES string of the molecule is CCCCOc1ccc(C23CCC(C2)C2CSCC23)c2ccccc12. The van der Waals surface area contributed by atoms with Crippen molar-refractivity contribution in [2.75, 3.05) is 18.1 Å². The van der Waals surface area contributed by atoms with Crippen molar-refractivity contribution in [3.05, 3.63) is 42.0 Å². The van der Waals surface area contributed by atoms with Gasteiger partial charge in [-0.05, 0) is 72.0 Å². The molecule has 4 atom stereocenters. The predicted molar refractivity (Wildman–Crippen MR) is 108 cm³/mol. The summed E-state index contributed by atoms with van der Waals surface area (Å²) in [5.74, 6) is 6.75. The number of benzene rings is 2. The molecule has 1 nitrogen and oxygen atoms in total. The molecule has 1 heterocycles. The summed E-state index contributed by atoms with van der Waals surface area (Å²) in [7, 11) is 0. The molecule has 0 radical (unpaired) electrons. The Kier molecular flexibility index (Phi) is 4.00. The number of thioether (sulfide) groups is 1. The first-order valence-corrected chi connectivity index (χ1v) is 11.2. The van der Waals surface area contributed by atoms with E-state index in [-0.39, 0.29) is 0 Å². The van der Waals surface area contributed by atoms with Crippen LogP contribution in [-0.2, 0) is 5.41 Å². The molecule has 0 spiro atoms. The van der Waals surface area contributed by atoms with Gasteiger partial charge >= 0.3 is 0 Å². The minimum Gasteiger partial charge on any atom is -0.493 e. The van der Waals surface area contributed by atoms with Crippen LogP contribution in [-0.4, -0.2) is 18.1 Å². The maximum absolute atomic E-state index is 6.14. The number of rotatable bonds is 5. The van der Waals surface area contributed by atoms with E-state index < -0.39 is 0 Å². The monoisotopic (exact) mass is 352 g/mol. The van der Waals surface area contributed by atoms with E-state index in [9.17, 15) is 0 Å². The molecule has 2 bridgehead atoms. The second-order valence-corrected chi connectivity index (χ2v) is 9.40. The van der Waals surface area contributed by atoms with Crippen LogP contribution in [0.1, 0.15) is 44.6 Å². The molecule has 2 heteroatoms. The average molecular weight is 353 g/mol. The molecule has 3 fully saturated rings. The Morgan fingerprint density at radius 1 is 1.12 bits per heavy atom. The minimum atomic E-state index is 0.445. The van der Waals surface area contributed by atoms with Crippen LogP contribution >= 0.6 is 11.8 Å². The highest BCUT2D eigenvalue weighted by atomic mass is 32.2. The van der Waals surface area contributed by atoms with E-state index >= 15 is 0 Å². The lowest BCUT2D eigenvalue weighted by molar-refractivity contribution is 0.247. The summed E-state index contributed by atoms with van der Waals surface area (Å²) < 4.78 is 6.14. The molecule has 5 rings (SSSR count). The summed E-state index contributed by atoms with van der Waals surface area (Å²) in [5, 5.41) is 2.78. The fourth-order valence-corrected chi connectivity index (χ4v) is 7.76. The molecule has 2 saturated carbocycles. The summed E-state index contributed by atoms with van der Waals surface area (Å²) in [4.78, 5) is 0. The number of ether oxygens (including phenoxy) is 1. The Hall–Kier alpha value is -1.15. The smallest absolute Gasteiger partial charge is 0.127 e. The van der Waals surface area contributed by atoms with Crippen LogP contribution in [0.4, 0.5) is 0 Å². The number of hydrogen-bond acceptors (Lipinski definition) is 2. The first kappa shape index (κ1) is 16.1. The van der Waals surface area contributed by atoms with Crippen LogP contribution in [0.25, 0.3) is 10.8 Å². The summed E-state index contributed by atoms with van der Waals surface area (Å²) in [6, 6.07) is 13.7. The Labute approximate surface area is 155 Å². The van der Waals surface area contributed by atoms with Crippen molar-refractivity contribution in [3.63, 3.8) is 0 Å². The highest BCUT2D eigenvalue weighted by molar-refractivity contribution is 7.99. The average Bonchev–Trinajstić information content (AvgIpc) is 3.35. The third-order valence-electron chi connectivity index (χ3n) is 7.20. The van der Waals surface area contributed by atoms with Gasteiger partial charge in [-0.25, -0.2) is 0 Å². The number of fused-ring (bicyclic) bond motifs is 6. The Balaban J connectivity index is 1.59. The Bertz CT molecular complexity index is 785. The molecule has 25 heavy (non-hydrogen) atoms. The quantitative estimate of drug-likeness (QED) is 0.606. The van der Waals surface area contributed by atoms with Crippen molar-refractivity contribution in [2.45, 2.75) is 44.4 Å². The Morgan fingerprint density at radius 3 is 2.88 bits per heavy atom. The van der Waals surface area contributed by atoms with Crippen molar-refractivity contribution in [1.82, 2.24) is 0 Å². The van der Waals surface area contributed by atoms with Crippen molar-refractivity contribution in [1.29, 1.82) is 0 Å². The van der Waals surface area contributed by atoms with Crippen molar-refractivity contribution < 1.29 is 4.74 Å². The van der Waals surface area contributed by atoms with E-state index in [2.05, 4.69) is 55.1 Å². The maximum atomic E-state index is 6.14. The largest absolute Gasteiger partial charge is 0.493 e. The lowest BCUT2D eigenvalue weighted by Gasteiger charge is -2.37. The summed E-state index contributed by atoms with van der Waals surface area (Å²) in [6.07, 6.45) is 6.59. The maximum Gasteiger partial charge on any atom is 0.127 e.